The Morgan fingerprint density at radius 2 is 1.60 bits per heavy atom. The maximum atomic E-state index is 9.70. The number of methoxy groups -OCH3 is 3. The highest BCUT2D eigenvalue weighted by molar-refractivity contribution is 14.1. The van der Waals surface area contributed by atoms with Crippen molar-refractivity contribution >= 4 is 22.6 Å². The number of alkyl halides is 1. The Balaban J connectivity index is 2.80. The quantitative estimate of drug-likeness (QED) is 0.588. The van der Waals surface area contributed by atoms with Crippen LogP contribution in [0.2, 0.25) is 0 Å². The van der Waals surface area contributed by atoms with Gasteiger partial charge in [-0.2, -0.15) is 0 Å². The van der Waals surface area contributed by atoms with Crippen molar-refractivity contribution in [2.45, 2.75) is 30.7 Å². The second kappa shape index (κ2) is 6.31. The lowest BCUT2D eigenvalue weighted by molar-refractivity contribution is -0.289. The summed E-state index contributed by atoms with van der Waals surface area (Å²) in [4.78, 5) is 0. The minimum absolute atomic E-state index is 0.179. The fraction of sp³-hybridized carbons (Fsp3) is 1.00. The second-order valence-electron chi connectivity index (χ2n) is 3.32. The maximum absolute atomic E-state index is 9.70. The molecule has 5 atom stereocenters. The molecular weight excluding hydrogens is 315 g/mol. The first-order valence-electron chi connectivity index (χ1n) is 4.67. The fourth-order valence-electron chi connectivity index (χ4n) is 1.82. The molecule has 90 valence electrons. The molecule has 0 aromatic heterocycles. The topological polar surface area (TPSA) is 57.2 Å². The molecule has 0 amide bonds. The van der Waals surface area contributed by atoms with Crippen molar-refractivity contribution in [3.05, 3.63) is 0 Å². The molecule has 1 aliphatic heterocycles. The minimum atomic E-state index is -0.967. The van der Waals surface area contributed by atoms with Crippen LogP contribution in [-0.2, 0) is 18.9 Å². The Bertz CT molecular complexity index is 191. The van der Waals surface area contributed by atoms with Gasteiger partial charge in [0.1, 0.15) is 18.3 Å². The number of hydrogen-bond acceptors (Lipinski definition) is 5. The SMILES string of the molecule is CO[C@@H]1[C@@H](OC)[C@H](O)O[C@H](CI)[C@@H]1OC. The molecule has 1 fully saturated rings. The van der Waals surface area contributed by atoms with Crippen molar-refractivity contribution in [2.75, 3.05) is 25.8 Å². The van der Waals surface area contributed by atoms with E-state index in [0.717, 1.165) is 4.43 Å². The van der Waals surface area contributed by atoms with E-state index < -0.39 is 12.4 Å². The van der Waals surface area contributed by atoms with E-state index >= 15 is 0 Å². The Morgan fingerprint density at radius 1 is 1.07 bits per heavy atom. The van der Waals surface area contributed by atoms with Gasteiger partial charge in [0.2, 0.25) is 0 Å². The molecule has 1 heterocycles. The molecule has 1 rings (SSSR count). The third kappa shape index (κ3) is 2.80. The highest BCUT2D eigenvalue weighted by Gasteiger charge is 2.45. The summed E-state index contributed by atoms with van der Waals surface area (Å²) < 4.78 is 21.9. The lowest BCUT2D eigenvalue weighted by atomic mass is 9.99. The van der Waals surface area contributed by atoms with E-state index in [4.69, 9.17) is 18.9 Å². The molecule has 1 saturated heterocycles. The molecule has 0 bridgehead atoms. The van der Waals surface area contributed by atoms with E-state index in [1.807, 2.05) is 0 Å². The maximum Gasteiger partial charge on any atom is 0.184 e. The van der Waals surface area contributed by atoms with Gasteiger partial charge in [-0.3, -0.25) is 0 Å². The van der Waals surface area contributed by atoms with Crippen LogP contribution in [0.15, 0.2) is 0 Å². The fourth-order valence-corrected chi connectivity index (χ4v) is 2.53. The van der Waals surface area contributed by atoms with Gasteiger partial charge in [-0.15, -0.1) is 0 Å². The number of halogens is 1. The molecule has 15 heavy (non-hydrogen) atoms. The van der Waals surface area contributed by atoms with Gasteiger partial charge < -0.3 is 24.1 Å². The predicted octanol–water partition coefficient (Wildman–Crippen LogP) is 0.184. The lowest BCUT2D eigenvalue weighted by Crippen LogP contribution is -2.59. The van der Waals surface area contributed by atoms with Crippen molar-refractivity contribution in [3.63, 3.8) is 0 Å². The molecule has 5 nitrogen and oxygen atoms in total. The largest absolute Gasteiger partial charge is 0.376 e. The smallest absolute Gasteiger partial charge is 0.184 e. The van der Waals surface area contributed by atoms with Crippen LogP contribution in [-0.4, -0.2) is 61.6 Å². The van der Waals surface area contributed by atoms with Crippen molar-refractivity contribution in [2.24, 2.45) is 0 Å². The molecule has 0 radical (unpaired) electrons. The summed E-state index contributed by atoms with van der Waals surface area (Å²) >= 11 is 2.19. The third-order valence-corrected chi connectivity index (χ3v) is 3.45. The van der Waals surface area contributed by atoms with Crippen LogP contribution in [0.5, 0.6) is 0 Å². The molecular formula is C9H17IO5. The van der Waals surface area contributed by atoms with Gasteiger partial charge >= 0.3 is 0 Å². The number of hydrogen-bond donors (Lipinski definition) is 1. The monoisotopic (exact) mass is 332 g/mol. The zero-order valence-corrected chi connectivity index (χ0v) is 11.2. The van der Waals surface area contributed by atoms with Crippen molar-refractivity contribution < 1.29 is 24.1 Å². The number of rotatable bonds is 4. The van der Waals surface area contributed by atoms with Gasteiger partial charge in [0.05, 0.1) is 6.10 Å². The van der Waals surface area contributed by atoms with Gasteiger partial charge in [-0.05, 0) is 0 Å². The number of aliphatic hydroxyl groups excluding tert-OH is 1. The van der Waals surface area contributed by atoms with E-state index in [-0.39, 0.29) is 18.3 Å². The first kappa shape index (κ1) is 13.6. The summed E-state index contributed by atoms with van der Waals surface area (Å²) in [5.74, 6) is 0. The minimum Gasteiger partial charge on any atom is -0.376 e. The second-order valence-corrected chi connectivity index (χ2v) is 4.20. The Hall–Kier alpha value is 0.530. The molecule has 0 aromatic carbocycles. The van der Waals surface area contributed by atoms with Gasteiger partial charge in [0.25, 0.3) is 0 Å². The van der Waals surface area contributed by atoms with E-state index in [1.54, 1.807) is 14.2 Å². The average Bonchev–Trinajstić information content (AvgIpc) is 2.27. The Morgan fingerprint density at radius 3 is 2.00 bits per heavy atom. The average molecular weight is 332 g/mol. The Labute approximate surface area is 103 Å². The van der Waals surface area contributed by atoms with Crippen LogP contribution >= 0.6 is 22.6 Å². The summed E-state index contributed by atoms with van der Waals surface area (Å²) in [6.07, 6.45) is -2.20. The lowest BCUT2D eigenvalue weighted by Gasteiger charge is -2.42. The first-order chi connectivity index (χ1) is 7.19. The van der Waals surface area contributed by atoms with Crippen LogP contribution in [0.25, 0.3) is 0 Å². The molecule has 0 aliphatic carbocycles. The molecule has 0 aromatic rings. The molecule has 1 aliphatic rings. The van der Waals surface area contributed by atoms with E-state index in [9.17, 15) is 5.11 Å². The molecule has 1 N–H and O–H groups in total. The van der Waals surface area contributed by atoms with Gasteiger partial charge in [-0.1, -0.05) is 22.6 Å². The van der Waals surface area contributed by atoms with Crippen LogP contribution in [0.1, 0.15) is 0 Å². The van der Waals surface area contributed by atoms with Crippen LogP contribution in [0.4, 0.5) is 0 Å². The van der Waals surface area contributed by atoms with Crippen molar-refractivity contribution in [1.82, 2.24) is 0 Å². The van der Waals surface area contributed by atoms with Crippen LogP contribution < -0.4 is 0 Å². The third-order valence-electron chi connectivity index (χ3n) is 2.58. The summed E-state index contributed by atoms with van der Waals surface area (Å²) in [5.41, 5.74) is 0. The standard InChI is InChI=1S/C9H17IO5/c1-12-6-5(4-10)15-9(11)8(14-3)7(6)13-2/h5-9,11H,4H2,1-3H3/t5-,6+,7+,8-,9-/m1/s1. The normalized spacial score (nSPS) is 41.8. The highest BCUT2D eigenvalue weighted by Crippen LogP contribution is 2.26. The Kier molecular flexibility index (Phi) is 5.72. The van der Waals surface area contributed by atoms with Crippen LogP contribution in [0.3, 0.4) is 0 Å². The zero-order chi connectivity index (χ0) is 11.4. The number of aliphatic hydroxyl groups is 1. The van der Waals surface area contributed by atoms with Gasteiger partial charge in [-0.25, -0.2) is 0 Å². The van der Waals surface area contributed by atoms with Gasteiger partial charge in [0.15, 0.2) is 6.29 Å². The van der Waals surface area contributed by atoms with Crippen molar-refractivity contribution in [1.29, 1.82) is 0 Å². The summed E-state index contributed by atoms with van der Waals surface area (Å²) in [6.45, 7) is 0. The summed E-state index contributed by atoms with van der Waals surface area (Å²) in [5, 5.41) is 9.70. The first-order valence-corrected chi connectivity index (χ1v) is 6.20. The predicted molar refractivity (Wildman–Crippen MR) is 62.2 cm³/mol. The summed E-state index contributed by atoms with van der Waals surface area (Å²) in [6, 6.07) is 0. The molecule has 0 unspecified atom stereocenters. The number of ether oxygens (including phenoxy) is 4. The van der Waals surface area contributed by atoms with E-state index in [1.165, 1.54) is 7.11 Å². The van der Waals surface area contributed by atoms with Gasteiger partial charge in [0, 0.05) is 25.8 Å². The van der Waals surface area contributed by atoms with E-state index in [2.05, 4.69) is 22.6 Å². The van der Waals surface area contributed by atoms with Crippen molar-refractivity contribution in [3.8, 4) is 0 Å². The molecule has 0 spiro atoms. The molecule has 0 saturated carbocycles. The van der Waals surface area contributed by atoms with Crippen LogP contribution in [0, 0.1) is 0 Å². The highest BCUT2D eigenvalue weighted by atomic mass is 127. The molecule has 6 heteroatoms. The zero-order valence-electron chi connectivity index (χ0n) is 9.05. The summed E-state index contributed by atoms with van der Waals surface area (Å²) in [7, 11) is 4.69. The van der Waals surface area contributed by atoms with E-state index in [0.29, 0.717) is 0 Å².